The summed E-state index contributed by atoms with van der Waals surface area (Å²) in [6.45, 7) is 9.80. The van der Waals surface area contributed by atoms with Crippen molar-refractivity contribution >= 4 is 12.0 Å². The van der Waals surface area contributed by atoms with Crippen LogP contribution in [0.25, 0.3) is 0 Å². The quantitative estimate of drug-likeness (QED) is 0.734. The second-order valence-corrected chi connectivity index (χ2v) is 6.32. The molecule has 0 aliphatic carbocycles. The van der Waals surface area contributed by atoms with E-state index < -0.39 is 5.60 Å². The van der Waals surface area contributed by atoms with Gasteiger partial charge in [0, 0.05) is 12.6 Å². The molecule has 0 aromatic carbocycles. The van der Waals surface area contributed by atoms with Crippen LogP contribution in [0.5, 0.6) is 0 Å². The Morgan fingerprint density at radius 2 is 2.16 bits per heavy atom. The minimum absolute atomic E-state index is 0.216. The summed E-state index contributed by atoms with van der Waals surface area (Å²) in [5, 5.41) is 0. The number of carbonyl (C=O) groups excluding carboxylic acids is 1. The van der Waals surface area contributed by atoms with Gasteiger partial charge in [0.15, 0.2) is 5.90 Å². The molecular weight excluding hydrogens is 244 g/mol. The number of nitrogens with zero attached hydrogens (tertiary/aromatic N) is 2. The summed E-state index contributed by atoms with van der Waals surface area (Å²) in [7, 11) is 0. The molecule has 1 saturated heterocycles. The Bertz CT molecular complexity index is 373. The fourth-order valence-corrected chi connectivity index (χ4v) is 2.48. The van der Waals surface area contributed by atoms with Gasteiger partial charge in [0.05, 0.1) is 12.5 Å². The van der Waals surface area contributed by atoms with Crippen LogP contribution >= 0.6 is 0 Å². The summed E-state index contributed by atoms with van der Waals surface area (Å²) in [6.07, 6.45) is 1.76. The zero-order valence-electron chi connectivity index (χ0n) is 12.3. The first-order valence-electron chi connectivity index (χ1n) is 7.03. The molecule has 0 radical (unpaired) electrons. The predicted molar refractivity (Wildman–Crippen MR) is 73.4 cm³/mol. The molecule has 2 heterocycles. The van der Waals surface area contributed by atoms with Crippen molar-refractivity contribution in [2.75, 3.05) is 19.7 Å². The molecule has 0 saturated carbocycles. The lowest BCUT2D eigenvalue weighted by molar-refractivity contribution is 0.00824. The van der Waals surface area contributed by atoms with Crippen molar-refractivity contribution in [2.45, 2.75) is 52.2 Å². The van der Waals surface area contributed by atoms with Gasteiger partial charge in [-0.1, -0.05) is 0 Å². The van der Waals surface area contributed by atoms with Gasteiger partial charge < -0.3 is 14.4 Å². The predicted octanol–water partition coefficient (Wildman–Crippen LogP) is 2.45. The fraction of sp³-hybridized carbons (Fsp3) is 0.857. The van der Waals surface area contributed by atoms with Gasteiger partial charge in [-0.05, 0) is 40.5 Å². The standard InChI is InChI=1S/C14H24N2O3/c1-10-5-6-11(12-15-7-8-18-12)9-16(10)13(17)19-14(2,3)4/h10-11H,5-9H2,1-4H3/t10-,11?/m1/s1. The molecule has 19 heavy (non-hydrogen) atoms. The molecule has 2 atom stereocenters. The third-order valence-corrected chi connectivity index (χ3v) is 3.47. The van der Waals surface area contributed by atoms with Crippen LogP contribution in [0.4, 0.5) is 4.79 Å². The molecule has 0 aromatic rings. The van der Waals surface area contributed by atoms with Crippen molar-refractivity contribution in [3.63, 3.8) is 0 Å². The van der Waals surface area contributed by atoms with Crippen molar-refractivity contribution in [3.05, 3.63) is 0 Å². The van der Waals surface area contributed by atoms with E-state index in [1.54, 1.807) is 0 Å². The van der Waals surface area contributed by atoms with Crippen molar-refractivity contribution in [1.82, 2.24) is 4.90 Å². The lowest BCUT2D eigenvalue weighted by Gasteiger charge is -2.38. The molecule has 0 spiro atoms. The van der Waals surface area contributed by atoms with Gasteiger partial charge >= 0.3 is 6.09 Å². The number of piperidine rings is 1. The van der Waals surface area contributed by atoms with Crippen LogP contribution in [0.3, 0.4) is 0 Å². The Labute approximate surface area is 115 Å². The summed E-state index contributed by atoms with van der Waals surface area (Å²) in [4.78, 5) is 18.4. The van der Waals surface area contributed by atoms with Crippen LogP contribution in [0, 0.1) is 5.92 Å². The summed E-state index contributed by atoms with van der Waals surface area (Å²) < 4.78 is 11.0. The van der Waals surface area contributed by atoms with Crippen molar-refractivity contribution < 1.29 is 14.3 Å². The molecule has 2 aliphatic rings. The van der Waals surface area contributed by atoms with Crippen LogP contribution in [0.2, 0.25) is 0 Å². The number of rotatable bonds is 1. The molecule has 0 N–H and O–H groups in total. The lowest BCUT2D eigenvalue weighted by Crippen LogP contribution is -2.49. The maximum absolute atomic E-state index is 12.2. The number of likely N-dealkylation sites (tertiary alicyclic amines) is 1. The van der Waals surface area contributed by atoms with Gasteiger partial charge in [0.1, 0.15) is 12.2 Å². The molecule has 108 valence electrons. The minimum Gasteiger partial charge on any atom is -0.479 e. The molecule has 2 aliphatic heterocycles. The third-order valence-electron chi connectivity index (χ3n) is 3.47. The minimum atomic E-state index is -0.453. The summed E-state index contributed by atoms with van der Waals surface area (Å²) in [5.74, 6) is 1.05. The molecule has 1 fully saturated rings. The van der Waals surface area contributed by atoms with Crippen LogP contribution in [-0.2, 0) is 9.47 Å². The van der Waals surface area contributed by atoms with Crippen LogP contribution in [-0.4, -0.2) is 48.2 Å². The van der Waals surface area contributed by atoms with Crippen LogP contribution in [0.1, 0.15) is 40.5 Å². The second-order valence-electron chi connectivity index (χ2n) is 6.32. The van der Waals surface area contributed by atoms with Gasteiger partial charge in [-0.15, -0.1) is 0 Å². The largest absolute Gasteiger partial charge is 0.479 e. The summed E-state index contributed by atoms with van der Waals surface area (Å²) >= 11 is 0. The first kappa shape index (κ1) is 14.2. The average molecular weight is 268 g/mol. The molecule has 5 nitrogen and oxygen atoms in total. The average Bonchev–Trinajstić information content (AvgIpc) is 2.80. The monoisotopic (exact) mass is 268 g/mol. The second kappa shape index (κ2) is 5.39. The molecule has 1 amide bonds. The topological polar surface area (TPSA) is 51.1 Å². The van der Waals surface area contributed by atoms with Crippen molar-refractivity contribution in [2.24, 2.45) is 10.9 Å². The van der Waals surface area contributed by atoms with Gasteiger partial charge in [-0.25, -0.2) is 4.79 Å². The lowest BCUT2D eigenvalue weighted by atomic mass is 9.93. The summed E-state index contributed by atoms with van der Waals surface area (Å²) in [5.41, 5.74) is -0.453. The number of carbonyl (C=O) groups is 1. The highest BCUT2D eigenvalue weighted by atomic mass is 16.6. The molecule has 0 bridgehead atoms. The van der Waals surface area contributed by atoms with E-state index in [9.17, 15) is 4.79 Å². The van der Waals surface area contributed by atoms with E-state index in [1.807, 2.05) is 25.7 Å². The number of ether oxygens (including phenoxy) is 2. The zero-order valence-corrected chi connectivity index (χ0v) is 12.3. The Hall–Kier alpha value is -1.26. The van der Waals surface area contributed by atoms with Gasteiger partial charge in [0.2, 0.25) is 0 Å². The van der Waals surface area contributed by atoms with E-state index >= 15 is 0 Å². The molecule has 1 unspecified atom stereocenters. The van der Waals surface area contributed by atoms with Gasteiger partial charge in [-0.3, -0.25) is 4.99 Å². The Kier molecular flexibility index (Phi) is 4.02. The number of hydrogen-bond donors (Lipinski definition) is 0. The molecule has 5 heteroatoms. The van der Waals surface area contributed by atoms with E-state index in [2.05, 4.69) is 11.9 Å². The SMILES string of the molecule is C[C@@H]1CCC(C2=NCCO2)CN1C(=O)OC(C)(C)C. The first-order chi connectivity index (χ1) is 8.87. The summed E-state index contributed by atoms with van der Waals surface area (Å²) in [6, 6.07) is 0.216. The van der Waals surface area contributed by atoms with E-state index in [-0.39, 0.29) is 18.1 Å². The molecular formula is C14H24N2O3. The fourth-order valence-electron chi connectivity index (χ4n) is 2.48. The maximum Gasteiger partial charge on any atom is 0.410 e. The van der Waals surface area contributed by atoms with Crippen molar-refractivity contribution in [3.8, 4) is 0 Å². The highest BCUT2D eigenvalue weighted by Crippen LogP contribution is 2.26. The smallest absolute Gasteiger partial charge is 0.410 e. The number of amides is 1. The first-order valence-corrected chi connectivity index (χ1v) is 7.03. The van der Waals surface area contributed by atoms with Gasteiger partial charge in [0.25, 0.3) is 0 Å². The molecule has 0 aromatic heterocycles. The van der Waals surface area contributed by atoms with E-state index in [4.69, 9.17) is 9.47 Å². The molecule has 2 rings (SSSR count). The maximum atomic E-state index is 12.2. The number of hydrogen-bond acceptors (Lipinski definition) is 4. The Balaban J connectivity index is 2.00. The van der Waals surface area contributed by atoms with E-state index in [0.717, 1.165) is 25.3 Å². The van der Waals surface area contributed by atoms with Gasteiger partial charge in [-0.2, -0.15) is 0 Å². The van der Waals surface area contributed by atoms with Crippen LogP contribution in [0.15, 0.2) is 4.99 Å². The highest BCUT2D eigenvalue weighted by molar-refractivity contribution is 5.81. The Morgan fingerprint density at radius 1 is 1.42 bits per heavy atom. The Morgan fingerprint density at radius 3 is 2.74 bits per heavy atom. The van der Waals surface area contributed by atoms with E-state index in [1.165, 1.54) is 0 Å². The van der Waals surface area contributed by atoms with E-state index in [0.29, 0.717) is 13.2 Å². The highest BCUT2D eigenvalue weighted by Gasteiger charge is 2.35. The number of aliphatic imine (C=N–C) groups is 1. The third kappa shape index (κ3) is 3.61. The normalized spacial score (nSPS) is 27.8. The zero-order chi connectivity index (χ0) is 14.0. The van der Waals surface area contributed by atoms with Crippen LogP contribution < -0.4 is 0 Å². The van der Waals surface area contributed by atoms with Crippen molar-refractivity contribution in [1.29, 1.82) is 0 Å².